The molecule has 0 radical (unpaired) electrons. The van der Waals surface area contributed by atoms with Crippen LogP contribution in [-0.4, -0.2) is 17.7 Å². The smallest absolute Gasteiger partial charge is 0.0685 e. The summed E-state index contributed by atoms with van der Waals surface area (Å²) in [6.45, 7) is 3.27. The highest BCUT2D eigenvalue weighted by atomic mass is 16.5. The highest BCUT2D eigenvalue weighted by Gasteiger charge is 2.47. The van der Waals surface area contributed by atoms with E-state index in [1.165, 1.54) is 77.0 Å². The maximum Gasteiger partial charge on any atom is 0.0685 e. The summed E-state index contributed by atoms with van der Waals surface area (Å²) in [6, 6.07) is 0. The third-order valence-electron chi connectivity index (χ3n) is 6.55. The number of ether oxygens (including phenoxy) is 1. The van der Waals surface area contributed by atoms with Gasteiger partial charge in [0, 0.05) is 12.1 Å². The average Bonchev–Trinajstić information content (AvgIpc) is 2.90. The Balaban J connectivity index is 1.60. The summed E-state index contributed by atoms with van der Waals surface area (Å²) in [5.74, 6) is 1.67. The summed E-state index contributed by atoms with van der Waals surface area (Å²) in [5, 5.41) is 0. The van der Waals surface area contributed by atoms with Gasteiger partial charge in [-0.05, 0) is 63.2 Å². The SMILES string of the molecule is CCCC1CCC(N)(C2CCOC3(CCCC3)C2)CC1. The van der Waals surface area contributed by atoms with Crippen molar-refractivity contribution in [2.75, 3.05) is 6.61 Å². The molecule has 20 heavy (non-hydrogen) atoms. The lowest BCUT2D eigenvalue weighted by Gasteiger charge is -2.49. The van der Waals surface area contributed by atoms with Crippen LogP contribution in [-0.2, 0) is 4.74 Å². The van der Waals surface area contributed by atoms with E-state index in [0.29, 0.717) is 0 Å². The van der Waals surface area contributed by atoms with Gasteiger partial charge in [-0.1, -0.05) is 32.6 Å². The van der Waals surface area contributed by atoms with Crippen LogP contribution in [0.25, 0.3) is 0 Å². The molecule has 0 bridgehead atoms. The molecule has 0 aromatic carbocycles. The molecule has 116 valence electrons. The van der Waals surface area contributed by atoms with Gasteiger partial charge in [0.25, 0.3) is 0 Å². The predicted octanol–water partition coefficient (Wildman–Crippen LogP) is 4.41. The summed E-state index contributed by atoms with van der Waals surface area (Å²) in [4.78, 5) is 0. The zero-order valence-electron chi connectivity index (χ0n) is 13.3. The van der Waals surface area contributed by atoms with Crippen molar-refractivity contribution in [3.8, 4) is 0 Å². The van der Waals surface area contributed by atoms with E-state index in [1.807, 2.05) is 0 Å². The molecule has 0 aromatic rings. The van der Waals surface area contributed by atoms with Gasteiger partial charge in [0.2, 0.25) is 0 Å². The van der Waals surface area contributed by atoms with Crippen LogP contribution in [0.3, 0.4) is 0 Å². The average molecular weight is 279 g/mol. The van der Waals surface area contributed by atoms with Crippen molar-refractivity contribution in [1.82, 2.24) is 0 Å². The van der Waals surface area contributed by atoms with Gasteiger partial charge >= 0.3 is 0 Å². The quantitative estimate of drug-likeness (QED) is 0.830. The van der Waals surface area contributed by atoms with Crippen LogP contribution in [0.5, 0.6) is 0 Å². The van der Waals surface area contributed by atoms with E-state index in [9.17, 15) is 0 Å². The van der Waals surface area contributed by atoms with Gasteiger partial charge in [0.05, 0.1) is 5.60 Å². The normalized spacial score (nSPS) is 41.1. The van der Waals surface area contributed by atoms with E-state index in [-0.39, 0.29) is 11.1 Å². The van der Waals surface area contributed by atoms with Crippen LogP contribution in [0.15, 0.2) is 0 Å². The maximum absolute atomic E-state index is 6.89. The molecule has 3 fully saturated rings. The first-order valence-electron chi connectivity index (χ1n) is 9.09. The number of nitrogens with two attached hydrogens (primary N) is 1. The van der Waals surface area contributed by atoms with E-state index >= 15 is 0 Å². The van der Waals surface area contributed by atoms with Crippen LogP contribution in [0, 0.1) is 11.8 Å². The Morgan fingerprint density at radius 3 is 2.40 bits per heavy atom. The fourth-order valence-corrected chi connectivity index (χ4v) is 5.21. The van der Waals surface area contributed by atoms with Crippen LogP contribution in [0.2, 0.25) is 0 Å². The summed E-state index contributed by atoms with van der Waals surface area (Å²) in [5.41, 5.74) is 7.25. The Morgan fingerprint density at radius 1 is 1.05 bits per heavy atom. The van der Waals surface area contributed by atoms with E-state index in [4.69, 9.17) is 10.5 Å². The lowest BCUT2D eigenvalue weighted by atomic mass is 9.65. The number of rotatable bonds is 3. The molecule has 1 unspecified atom stereocenters. The second kappa shape index (κ2) is 5.96. The molecule has 3 rings (SSSR count). The Kier molecular flexibility index (Phi) is 4.42. The standard InChI is InChI=1S/C18H33NO/c1-2-5-15-6-11-18(19,12-7-15)16-8-13-20-17(14-16)9-3-4-10-17/h15-16H,2-14,19H2,1H3. The van der Waals surface area contributed by atoms with Crippen LogP contribution in [0.1, 0.15) is 84.0 Å². The van der Waals surface area contributed by atoms with E-state index < -0.39 is 0 Å². The zero-order valence-corrected chi connectivity index (χ0v) is 13.3. The second-order valence-electron chi connectivity index (χ2n) is 7.89. The minimum absolute atomic E-state index is 0.129. The minimum Gasteiger partial charge on any atom is -0.375 e. The third kappa shape index (κ3) is 2.92. The summed E-state index contributed by atoms with van der Waals surface area (Å²) in [7, 11) is 0. The summed E-state index contributed by atoms with van der Waals surface area (Å²) < 4.78 is 6.20. The van der Waals surface area contributed by atoms with Crippen LogP contribution in [0.4, 0.5) is 0 Å². The Hall–Kier alpha value is -0.0800. The molecule has 2 saturated carbocycles. The van der Waals surface area contributed by atoms with Crippen molar-refractivity contribution >= 4 is 0 Å². The Bertz CT molecular complexity index is 313. The summed E-state index contributed by atoms with van der Waals surface area (Å²) in [6.07, 6.45) is 15.8. The molecule has 1 saturated heterocycles. The van der Waals surface area contributed by atoms with E-state index in [0.717, 1.165) is 18.4 Å². The second-order valence-corrected chi connectivity index (χ2v) is 7.89. The molecule has 1 aliphatic heterocycles. The third-order valence-corrected chi connectivity index (χ3v) is 6.55. The first-order chi connectivity index (χ1) is 9.66. The zero-order chi connectivity index (χ0) is 14.1. The van der Waals surface area contributed by atoms with Gasteiger partial charge in [-0.25, -0.2) is 0 Å². The highest BCUT2D eigenvalue weighted by Crippen LogP contribution is 2.48. The van der Waals surface area contributed by atoms with Gasteiger partial charge in [0.1, 0.15) is 0 Å². The Morgan fingerprint density at radius 2 is 1.75 bits per heavy atom. The molecular formula is C18H33NO. The number of hydrogen-bond acceptors (Lipinski definition) is 2. The lowest BCUT2D eigenvalue weighted by Crippen LogP contribution is -2.54. The molecule has 1 heterocycles. The summed E-state index contributed by atoms with van der Waals surface area (Å²) >= 11 is 0. The van der Waals surface area contributed by atoms with Crippen molar-refractivity contribution in [3.63, 3.8) is 0 Å². The van der Waals surface area contributed by atoms with Crippen LogP contribution >= 0.6 is 0 Å². The van der Waals surface area contributed by atoms with E-state index in [2.05, 4.69) is 6.92 Å². The van der Waals surface area contributed by atoms with Gasteiger partial charge in [-0.15, -0.1) is 0 Å². The molecule has 2 nitrogen and oxygen atoms in total. The predicted molar refractivity (Wildman–Crippen MR) is 83.7 cm³/mol. The van der Waals surface area contributed by atoms with Crippen molar-refractivity contribution in [2.24, 2.45) is 17.6 Å². The van der Waals surface area contributed by atoms with Crippen molar-refractivity contribution in [1.29, 1.82) is 0 Å². The van der Waals surface area contributed by atoms with Gasteiger partial charge in [0.15, 0.2) is 0 Å². The molecule has 0 amide bonds. The minimum atomic E-state index is 0.129. The molecule has 2 heteroatoms. The fourth-order valence-electron chi connectivity index (χ4n) is 5.21. The lowest BCUT2D eigenvalue weighted by molar-refractivity contribution is -0.109. The first-order valence-corrected chi connectivity index (χ1v) is 9.09. The van der Waals surface area contributed by atoms with Crippen molar-refractivity contribution in [2.45, 2.75) is 95.1 Å². The molecule has 3 aliphatic rings. The molecule has 2 N–H and O–H groups in total. The van der Waals surface area contributed by atoms with Crippen molar-refractivity contribution in [3.05, 3.63) is 0 Å². The molecule has 1 atom stereocenters. The van der Waals surface area contributed by atoms with E-state index in [1.54, 1.807) is 0 Å². The Labute approximate surface area is 124 Å². The van der Waals surface area contributed by atoms with Crippen LogP contribution < -0.4 is 5.73 Å². The van der Waals surface area contributed by atoms with Gasteiger partial charge in [-0.3, -0.25) is 0 Å². The van der Waals surface area contributed by atoms with Crippen molar-refractivity contribution < 1.29 is 4.74 Å². The highest BCUT2D eigenvalue weighted by molar-refractivity contribution is 5.01. The van der Waals surface area contributed by atoms with Gasteiger partial charge in [-0.2, -0.15) is 0 Å². The molecule has 1 spiro atoms. The first kappa shape index (κ1) is 14.8. The topological polar surface area (TPSA) is 35.2 Å². The molecule has 0 aromatic heterocycles. The van der Waals surface area contributed by atoms with Gasteiger partial charge < -0.3 is 10.5 Å². The largest absolute Gasteiger partial charge is 0.375 e. The maximum atomic E-state index is 6.89. The monoisotopic (exact) mass is 279 g/mol. The molecule has 2 aliphatic carbocycles. The fraction of sp³-hybridized carbons (Fsp3) is 1.00. The number of hydrogen-bond donors (Lipinski definition) is 1. The molecular weight excluding hydrogens is 246 g/mol.